The summed E-state index contributed by atoms with van der Waals surface area (Å²) < 4.78 is 29.4. The van der Waals surface area contributed by atoms with E-state index in [1.807, 2.05) is 91.0 Å². The van der Waals surface area contributed by atoms with Crippen molar-refractivity contribution in [3.63, 3.8) is 0 Å². The summed E-state index contributed by atoms with van der Waals surface area (Å²) in [5, 5.41) is 15.8. The minimum atomic E-state index is -0.950. The molecule has 1 N–H and O–H groups in total. The van der Waals surface area contributed by atoms with Crippen LogP contribution >= 0.6 is 0 Å². The van der Waals surface area contributed by atoms with Crippen molar-refractivity contribution in [3.8, 4) is 28.5 Å². The van der Waals surface area contributed by atoms with Crippen molar-refractivity contribution in [2.75, 3.05) is 27.3 Å². The molecule has 0 aliphatic carbocycles. The number of hydrogen-bond acceptors (Lipinski definition) is 7. The molecular formula is C35H34N2O7. The minimum absolute atomic E-state index is 0.00398. The SMILES string of the molecule is COc1cc(COC2CN(C(=O)O)CCC2c2ccc(OCc3cc(-c4ccccc4)no3)cc2)c(OC)c2ccccc12. The summed E-state index contributed by atoms with van der Waals surface area (Å²) in [7, 11) is 3.28. The van der Waals surface area contributed by atoms with Crippen LogP contribution in [0.25, 0.3) is 22.0 Å². The highest BCUT2D eigenvalue weighted by Gasteiger charge is 2.33. The summed E-state index contributed by atoms with van der Waals surface area (Å²) in [5.74, 6) is 2.76. The van der Waals surface area contributed by atoms with Gasteiger partial charge in [0.15, 0.2) is 5.76 Å². The lowest BCUT2D eigenvalue weighted by Crippen LogP contribution is -2.46. The van der Waals surface area contributed by atoms with Gasteiger partial charge in [-0.1, -0.05) is 71.9 Å². The first-order chi connectivity index (χ1) is 21.5. The van der Waals surface area contributed by atoms with Crippen LogP contribution in [0, 0.1) is 0 Å². The van der Waals surface area contributed by atoms with Gasteiger partial charge in [0.2, 0.25) is 0 Å². The largest absolute Gasteiger partial charge is 0.496 e. The standard InChI is InChI=1S/C35H34N2O7/c1-40-32-18-25(34(41-2)30-11-7-6-10-29(30)32)21-43-33-20-37(35(38)39)17-16-28(33)23-12-14-26(15-13-23)42-22-27-19-31(36-44-27)24-8-4-3-5-9-24/h3-15,18-19,28,33H,16-17,20-22H2,1-2H3,(H,38,39). The van der Waals surface area contributed by atoms with Crippen molar-refractivity contribution in [2.24, 2.45) is 0 Å². The first-order valence-corrected chi connectivity index (χ1v) is 14.5. The van der Waals surface area contributed by atoms with Gasteiger partial charge in [0, 0.05) is 40.4 Å². The van der Waals surface area contributed by atoms with Gasteiger partial charge in [-0.3, -0.25) is 0 Å². The number of carboxylic acid groups (broad SMARTS) is 1. The maximum absolute atomic E-state index is 11.9. The number of fused-ring (bicyclic) bond motifs is 1. The highest BCUT2D eigenvalue weighted by atomic mass is 16.5. The Kier molecular flexibility index (Phi) is 8.65. The van der Waals surface area contributed by atoms with Gasteiger partial charge in [0.1, 0.15) is 29.5 Å². The van der Waals surface area contributed by atoms with E-state index in [1.165, 1.54) is 4.90 Å². The van der Waals surface area contributed by atoms with Gasteiger partial charge in [-0.25, -0.2) is 4.79 Å². The lowest BCUT2D eigenvalue weighted by molar-refractivity contribution is -0.0204. The van der Waals surface area contributed by atoms with Gasteiger partial charge in [0.25, 0.3) is 0 Å². The highest BCUT2D eigenvalue weighted by Crippen LogP contribution is 2.38. The molecule has 0 saturated carbocycles. The quantitative estimate of drug-likeness (QED) is 0.182. The Hall–Kier alpha value is -5.02. The monoisotopic (exact) mass is 594 g/mol. The summed E-state index contributed by atoms with van der Waals surface area (Å²) in [6.07, 6.45) is -0.677. The molecule has 0 bridgehead atoms. The first-order valence-electron chi connectivity index (χ1n) is 14.5. The molecule has 1 aliphatic heterocycles. The lowest BCUT2D eigenvalue weighted by Gasteiger charge is -2.37. The molecule has 1 saturated heterocycles. The van der Waals surface area contributed by atoms with E-state index in [-0.39, 0.29) is 31.8 Å². The van der Waals surface area contributed by atoms with Gasteiger partial charge >= 0.3 is 6.09 Å². The van der Waals surface area contributed by atoms with E-state index in [9.17, 15) is 9.90 Å². The number of aromatic nitrogens is 1. The number of benzene rings is 4. The van der Waals surface area contributed by atoms with Crippen LogP contribution in [0.1, 0.15) is 29.2 Å². The summed E-state index contributed by atoms with van der Waals surface area (Å²) in [6.45, 7) is 1.18. The van der Waals surface area contributed by atoms with Crippen LogP contribution in [-0.2, 0) is 18.0 Å². The molecule has 2 atom stereocenters. The van der Waals surface area contributed by atoms with Crippen molar-refractivity contribution >= 4 is 16.9 Å². The van der Waals surface area contributed by atoms with Gasteiger partial charge in [-0.05, 0) is 30.2 Å². The molecule has 0 radical (unpaired) electrons. The number of ether oxygens (including phenoxy) is 4. The predicted octanol–water partition coefficient (Wildman–Crippen LogP) is 7.14. The third-order valence-corrected chi connectivity index (χ3v) is 8.06. The zero-order chi connectivity index (χ0) is 30.5. The zero-order valence-corrected chi connectivity index (χ0v) is 24.6. The number of carbonyl (C=O) groups is 1. The number of methoxy groups -OCH3 is 2. The maximum atomic E-state index is 11.9. The Morgan fingerprint density at radius 2 is 1.68 bits per heavy atom. The van der Waals surface area contributed by atoms with E-state index < -0.39 is 6.09 Å². The highest BCUT2D eigenvalue weighted by molar-refractivity contribution is 5.94. The Morgan fingerprint density at radius 3 is 2.41 bits per heavy atom. The fraction of sp³-hybridized carbons (Fsp3) is 0.257. The zero-order valence-electron chi connectivity index (χ0n) is 24.6. The molecule has 1 aliphatic rings. The molecule has 6 rings (SSSR count). The smallest absolute Gasteiger partial charge is 0.407 e. The molecule has 4 aromatic carbocycles. The average Bonchev–Trinajstić information content (AvgIpc) is 3.55. The van der Waals surface area contributed by atoms with Crippen molar-refractivity contribution in [3.05, 3.63) is 108 Å². The van der Waals surface area contributed by atoms with Crippen molar-refractivity contribution < 1.29 is 33.4 Å². The van der Waals surface area contributed by atoms with Crippen LogP contribution in [0.15, 0.2) is 95.5 Å². The summed E-state index contributed by atoms with van der Waals surface area (Å²) in [6, 6.07) is 29.4. The lowest BCUT2D eigenvalue weighted by atomic mass is 9.87. The van der Waals surface area contributed by atoms with Crippen LogP contribution in [-0.4, -0.2) is 54.7 Å². The second-order valence-corrected chi connectivity index (χ2v) is 10.7. The van der Waals surface area contributed by atoms with Crippen molar-refractivity contribution in [1.82, 2.24) is 10.1 Å². The van der Waals surface area contributed by atoms with E-state index in [1.54, 1.807) is 14.2 Å². The first kappa shape index (κ1) is 29.1. The van der Waals surface area contributed by atoms with Crippen molar-refractivity contribution in [2.45, 2.75) is 31.7 Å². The normalized spacial score (nSPS) is 16.5. The molecule has 1 amide bonds. The molecule has 226 valence electrons. The number of piperidine rings is 1. The van der Waals surface area contributed by atoms with Gasteiger partial charge < -0.3 is 33.5 Å². The Bertz CT molecular complexity index is 1720. The third-order valence-electron chi connectivity index (χ3n) is 8.06. The second kappa shape index (κ2) is 13.1. The fourth-order valence-electron chi connectivity index (χ4n) is 5.82. The van der Waals surface area contributed by atoms with Crippen LogP contribution in [0.5, 0.6) is 17.2 Å². The van der Waals surface area contributed by atoms with Gasteiger partial charge in [0.05, 0.1) is 33.5 Å². The third kappa shape index (κ3) is 6.18. The van der Waals surface area contributed by atoms with E-state index in [4.69, 9.17) is 23.5 Å². The number of amides is 1. The molecule has 9 heteroatoms. The summed E-state index contributed by atoms with van der Waals surface area (Å²) in [4.78, 5) is 13.3. The average molecular weight is 595 g/mol. The van der Waals surface area contributed by atoms with Gasteiger partial charge in [-0.15, -0.1) is 0 Å². The number of nitrogens with zero attached hydrogens (tertiary/aromatic N) is 2. The molecular weight excluding hydrogens is 560 g/mol. The summed E-state index contributed by atoms with van der Waals surface area (Å²) >= 11 is 0. The number of hydrogen-bond donors (Lipinski definition) is 1. The summed E-state index contributed by atoms with van der Waals surface area (Å²) in [5.41, 5.74) is 3.64. The second-order valence-electron chi connectivity index (χ2n) is 10.7. The molecule has 1 aromatic heterocycles. The van der Waals surface area contributed by atoms with Crippen LogP contribution < -0.4 is 14.2 Å². The molecule has 2 heterocycles. The van der Waals surface area contributed by atoms with Crippen LogP contribution in [0.2, 0.25) is 0 Å². The minimum Gasteiger partial charge on any atom is -0.496 e. The fourth-order valence-corrected chi connectivity index (χ4v) is 5.82. The molecule has 44 heavy (non-hydrogen) atoms. The van der Waals surface area contributed by atoms with Crippen molar-refractivity contribution in [1.29, 1.82) is 0 Å². The maximum Gasteiger partial charge on any atom is 0.407 e. The Labute approximate surface area is 255 Å². The topological polar surface area (TPSA) is 103 Å². The molecule has 5 aromatic rings. The molecule has 2 unspecified atom stereocenters. The van der Waals surface area contributed by atoms with E-state index in [2.05, 4.69) is 5.16 Å². The van der Waals surface area contributed by atoms with E-state index in [0.717, 1.165) is 38.9 Å². The predicted molar refractivity (Wildman–Crippen MR) is 165 cm³/mol. The molecule has 1 fully saturated rings. The van der Waals surface area contributed by atoms with E-state index >= 15 is 0 Å². The molecule has 0 spiro atoms. The molecule has 9 nitrogen and oxygen atoms in total. The Morgan fingerprint density at radius 1 is 0.932 bits per heavy atom. The van der Waals surface area contributed by atoms with Crippen LogP contribution in [0.4, 0.5) is 4.79 Å². The Balaban J connectivity index is 1.16. The number of rotatable bonds is 10. The van der Waals surface area contributed by atoms with Crippen LogP contribution in [0.3, 0.4) is 0 Å². The number of likely N-dealkylation sites (tertiary alicyclic amines) is 1. The van der Waals surface area contributed by atoms with Gasteiger partial charge in [-0.2, -0.15) is 0 Å². The van der Waals surface area contributed by atoms with E-state index in [0.29, 0.717) is 30.2 Å².